The van der Waals surface area contributed by atoms with Gasteiger partial charge < -0.3 is 15.7 Å². The van der Waals surface area contributed by atoms with Gasteiger partial charge in [0.25, 0.3) is 0 Å². The number of likely N-dealkylation sites (tertiary alicyclic amines) is 1. The highest BCUT2D eigenvalue weighted by Gasteiger charge is 2.25. The second kappa shape index (κ2) is 7.08. The second-order valence-electron chi connectivity index (χ2n) is 4.94. The maximum atomic E-state index is 12.1. The molecule has 108 valence electrons. The Morgan fingerprint density at radius 1 is 1.26 bits per heavy atom. The Bertz CT molecular complexity index is 343. The minimum absolute atomic E-state index is 0.0837. The number of piperidine rings is 1. The third-order valence-electron chi connectivity index (χ3n) is 3.22. The number of nitrogens with zero attached hydrogens (tertiary/aromatic N) is 2. The first kappa shape index (κ1) is 15.4. The number of carboxylic acids is 1. The highest BCUT2D eigenvalue weighted by atomic mass is 16.4. The lowest BCUT2D eigenvalue weighted by Crippen LogP contribution is -2.49. The van der Waals surface area contributed by atoms with Gasteiger partial charge in [0, 0.05) is 12.6 Å². The number of nitrogens with two attached hydrogens (primary N) is 1. The summed E-state index contributed by atoms with van der Waals surface area (Å²) in [6, 6.07) is 0.168. The third kappa shape index (κ3) is 5.25. The minimum Gasteiger partial charge on any atom is -0.480 e. The molecule has 0 saturated carbocycles. The van der Waals surface area contributed by atoms with Gasteiger partial charge >= 0.3 is 5.97 Å². The molecule has 1 atom stereocenters. The van der Waals surface area contributed by atoms with E-state index in [1.165, 1.54) is 4.90 Å². The second-order valence-corrected chi connectivity index (χ2v) is 4.94. The van der Waals surface area contributed by atoms with Gasteiger partial charge in [0.15, 0.2) is 0 Å². The fourth-order valence-electron chi connectivity index (χ4n) is 2.33. The van der Waals surface area contributed by atoms with Crippen LogP contribution in [-0.2, 0) is 14.4 Å². The number of primary amides is 1. The molecular weight excluding hydrogens is 250 g/mol. The molecule has 1 rings (SSSR count). The molecule has 1 aliphatic rings. The largest absolute Gasteiger partial charge is 0.480 e. The van der Waals surface area contributed by atoms with E-state index in [-0.39, 0.29) is 31.6 Å². The Balaban J connectivity index is 2.58. The lowest BCUT2D eigenvalue weighted by Gasteiger charge is -2.34. The van der Waals surface area contributed by atoms with Gasteiger partial charge in [0.05, 0.1) is 19.6 Å². The highest BCUT2D eigenvalue weighted by molar-refractivity contribution is 5.82. The Morgan fingerprint density at radius 3 is 2.47 bits per heavy atom. The third-order valence-corrected chi connectivity index (χ3v) is 3.22. The number of aliphatic carboxylic acids is 1. The zero-order valence-electron chi connectivity index (χ0n) is 11.2. The summed E-state index contributed by atoms with van der Waals surface area (Å²) >= 11 is 0. The number of carbonyl (C=O) groups excluding carboxylic acids is 2. The molecular formula is C12H21N3O4. The number of hydrogen-bond acceptors (Lipinski definition) is 4. The molecule has 1 fully saturated rings. The number of amides is 2. The van der Waals surface area contributed by atoms with Gasteiger partial charge in [-0.05, 0) is 26.2 Å². The molecule has 1 heterocycles. The number of carbonyl (C=O) groups is 3. The lowest BCUT2D eigenvalue weighted by atomic mass is 10.0. The van der Waals surface area contributed by atoms with Crippen LogP contribution in [0.2, 0.25) is 0 Å². The van der Waals surface area contributed by atoms with Crippen molar-refractivity contribution in [3.8, 4) is 0 Å². The van der Waals surface area contributed by atoms with Crippen LogP contribution in [0, 0.1) is 0 Å². The van der Waals surface area contributed by atoms with Gasteiger partial charge in [0.2, 0.25) is 11.8 Å². The smallest absolute Gasteiger partial charge is 0.317 e. The normalized spacial score (nSPS) is 19.5. The molecule has 7 heteroatoms. The van der Waals surface area contributed by atoms with Crippen molar-refractivity contribution in [2.75, 3.05) is 26.2 Å². The molecule has 1 saturated heterocycles. The van der Waals surface area contributed by atoms with Crippen LogP contribution in [0.1, 0.15) is 26.2 Å². The van der Waals surface area contributed by atoms with Gasteiger partial charge in [-0.2, -0.15) is 0 Å². The molecule has 0 aromatic carbocycles. The average molecular weight is 271 g/mol. The summed E-state index contributed by atoms with van der Waals surface area (Å²) in [6.45, 7) is 2.00. The van der Waals surface area contributed by atoms with Crippen LogP contribution in [-0.4, -0.2) is 64.9 Å². The monoisotopic (exact) mass is 271 g/mol. The maximum absolute atomic E-state index is 12.1. The zero-order chi connectivity index (χ0) is 14.4. The molecule has 7 nitrogen and oxygen atoms in total. The van der Waals surface area contributed by atoms with E-state index in [1.54, 1.807) is 4.90 Å². The van der Waals surface area contributed by atoms with Crippen molar-refractivity contribution in [1.82, 2.24) is 9.80 Å². The first-order valence-electron chi connectivity index (χ1n) is 6.42. The van der Waals surface area contributed by atoms with Crippen molar-refractivity contribution in [2.24, 2.45) is 5.73 Å². The standard InChI is InChI=1S/C12H21N3O4/c1-9-4-2-3-5-15(9)11(17)7-14(6-10(13)16)8-12(18)19/h9H,2-8H2,1H3,(H2,13,16)(H,18,19). The minimum atomic E-state index is -1.08. The lowest BCUT2D eigenvalue weighted by molar-refractivity contribution is -0.141. The van der Waals surface area contributed by atoms with E-state index >= 15 is 0 Å². The quantitative estimate of drug-likeness (QED) is 0.662. The Morgan fingerprint density at radius 2 is 1.95 bits per heavy atom. The van der Waals surface area contributed by atoms with Crippen LogP contribution >= 0.6 is 0 Å². The summed E-state index contributed by atoms with van der Waals surface area (Å²) in [7, 11) is 0. The van der Waals surface area contributed by atoms with E-state index in [1.807, 2.05) is 6.92 Å². The molecule has 2 amide bonds. The van der Waals surface area contributed by atoms with Crippen molar-refractivity contribution in [2.45, 2.75) is 32.2 Å². The van der Waals surface area contributed by atoms with Crippen molar-refractivity contribution in [3.05, 3.63) is 0 Å². The number of hydrogen-bond donors (Lipinski definition) is 2. The maximum Gasteiger partial charge on any atom is 0.317 e. The van der Waals surface area contributed by atoms with Crippen LogP contribution in [0.25, 0.3) is 0 Å². The van der Waals surface area contributed by atoms with E-state index in [0.29, 0.717) is 6.54 Å². The summed E-state index contributed by atoms with van der Waals surface area (Å²) in [5, 5.41) is 8.75. The van der Waals surface area contributed by atoms with Crippen molar-refractivity contribution in [3.63, 3.8) is 0 Å². The fraction of sp³-hybridized carbons (Fsp3) is 0.750. The predicted octanol–water partition coefficient (Wildman–Crippen LogP) is -0.741. The van der Waals surface area contributed by atoms with E-state index in [4.69, 9.17) is 10.8 Å². The summed E-state index contributed by atoms with van der Waals surface area (Å²) < 4.78 is 0. The SMILES string of the molecule is CC1CCCCN1C(=O)CN(CC(N)=O)CC(=O)O. The molecule has 0 spiro atoms. The zero-order valence-corrected chi connectivity index (χ0v) is 11.2. The molecule has 0 aliphatic carbocycles. The summed E-state index contributed by atoms with van der Waals surface area (Å²) in [6.07, 6.45) is 3.02. The number of carboxylic acid groups (broad SMARTS) is 1. The van der Waals surface area contributed by atoms with Crippen LogP contribution in [0.5, 0.6) is 0 Å². The Kier molecular flexibility index (Phi) is 5.75. The van der Waals surface area contributed by atoms with Gasteiger partial charge in [-0.25, -0.2) is 0 Å². The van der Waals surface area contributed by atoms with Crippen LogP contribution in [0.15, 0.2) is 0 Å². The number of rotatable bonds is 6. The fourth-order valence-corrected chi connectivity index (χ4v) is 2.33. The molecule has 1 unspecified atom stereocenters. The summed E-state index contributed by atoms with van der Waals surface area (Å²) in [5.41, 5.74) is 5.05. The average Bonchev–Trinajstić information content (AvgIpc) is 2.27. The summed E-state index contributed by atoms with van der Waals surface area (Å²) in [4.78, 5) is 36.7. The molecule has 3 N–H and O–H groups in total. The molecule has 0 aromatic heterocycles. The first-order valence-corrected chi connectivity index (χ1v) is 6.42. The van der Waals surface area contributed by atoms with Crippen molar-refractivity contribution in [1.29, 1.82) is 0 Å². The Hall–Kier alpha value is -1.63. The Labute approximate surface area is 112 Å². The summed E-state index contributed by atoms with van der Waals surface area (Å²) in [5.74, 6) is -1.86. The molecule has 0 bridgehead atoms. The molecule has 0 radical (unpaired) electrons. The topological polar surface area (TPSA) is 104 Å². The van der Waals surface area contributed by atoms with Crippen LogP contribution in [0.4, 0.5) is 0 Å². The van der Waals surface area contributed by atoms with Gasteiger partial charge in [-0.3, -0.25) is 19.3 Å². The van der Waals surface area contributed by atoms with Gasteiger partial charge in [-0.15, -0.1) is 0 Å². The molecule has 0 aromatic rings. The van der Waals surface area contributed by atoms with E-state index in [2.05, 4.69) is 0 Å². The highest BCUT2D eigenvalue weighted by Crippen LogP contribution is 2.16. The van der Waals surface area contributed by atoms with E-state index in [0.717, 1.165) is 19.3 Å². The molecule has 1 aliphatic heterocycles. The van der Waals surface area contributed by atoms with Crippen molar-refractivity contribution >= 4 is 17.8 Å². The molecule has 19 heavy (non-hydrogen) atoms. The first-order chi connectivity index (χ1) is 8.90. The van der Waals surface area contributed by atoms with Crippen LogP contribution in [0.3, 0.4) is 0 Å². The van der Waals surface area contributed by atoms with Crippen molar-refractivity contribution < 1.29 is 19.5 Å². The van der Waals surface area contributed by atoms with Gasteiger partial charge in [-0.1, -0.05) is 0 Å². The van der Waals surface area contributed by atoms with Crippen LogP contribution < -0.4 is 5.73 Å². The predicted molar refractivity (Wildman–Crippen MR) is 68.3 cm³/mol. The van der Waals surface area contributed by atoms with E-state index < -0.39 is 11.9 Å². The van der Waals surface area contributed by atoms with E-state index in [9.17, 15) is 14.4 Å². The van der Waals surface area contributed by atoms with Gasteiger partial charge in [0.1, 0.15) is 0 Å².